The molecule has 2 N–H and O–H groups in total. The van der Waals surface area contributed by atoms with E-state index in [4.69, 9.17) is 5.73 Å². The fourth-order valence-electron chi connectivity index (χ4n) is 1.41. The number of fused-ring (bicyclic) bond motifs is 1. The number of hydrogen-bond donors (Lipinski definition) is 1. The monoisotopic (exact) mass is 223 g/mol. The average molecular weight is 223 g/mol. The predicted octanol–water partition coefficient (Wildman–Crippen LogP) is 0.790. The van der Waals surface area contributed by atoms with E-state index in [1.165, 1.54) is 0 Å². The van der Waals surface area contributed by atoms with Gasteiger partial charge in [0.25, 0.3) is 0 Å². The first-order chi connectivity index (χ1) is 7.22. The van der Waals surface area contributed by atoms with Crippen molar-refractivity contribution in [1.29, 1.82) is 0 Å². The molecule has 2 aromatic heterocycles. The molecule has 0 aromatic carbocycles. The molecule has 0 bridgehead atoms. The highest BCUT2D eigenvalue weighted by Gasteiger charge is 2.11. The van der Waals surface area contributed by atoms with Crippen LogP contribution in [-0.2, 0) is 0 Å². The van der Waals surface area contributed by atoms with Crippen LogP contribution < -0.4 is 10.6 Å². The molecule has 0 unspecified atom stereocenters. The minimum absolute atomic E-state index is 0.611. The number of nitrogens with two attached hydrogens (primary N) is 1. The molecule has 0 radical (unpaired) electrons. The summed E-state index contributed by atoms with van der Waals surface area (Å²) >= 11 is 1.56. The van der Waals surface area contributed by atoms with Gasteiger partial charge < -0.3 is 10.6 Å². The van der Waals surface area contributed by atoms with Gasteiger partial charge in [-0.05, 0) is 6.92 Å². The Balaban J connectivity index is 2.52. The van der Waals surface area contributed by atoms with Crippen molar-refractivity contribution in [2.24, 2.45) is 5.73 Å². The highest BCUT2D eigenvalue weighted by Crippen LogP contribution is 2.25. The number of nitrogens with zero attached hydrogens (tertiary/aromatic N) is 4. The van der Waals surface area contributed by atoms with Crippen LogP contribution in [0, 0.1) is 6.92 Å². The van der Waals surface area contributed by atoms with E-state index < -0.39 is 0 Å². The quantitative estimate of drug-likeness (QED) is 0.833. The van der Waals surface area contributed by atoms with E-state index in [0.717, 1.165) is 28.5 Å². The lowest BCUT2D eigenvalue weighted by Gasteiger charge is -2.17. The minimum Gasteiger partial charge on any atom is -0.357 e. The molecule has 2 aromatic rings. The molecule has 0 aliphatic carbocycles. The predicted molar refractivity (Wildman–Crippen MR) is 62.3 cm³/mol. The second-order valence-corrected chi connectivity index (χ2v) is 4.16. The van der Waals surface area contributed by atoms with Crippen molar-refractivity contribution in [3.05, 3.63) is 11.3 Å². The summed E-state index contributed by atoms with van der Waals surface area (Å²) in [6.07, 6.45) is 0. The largest absolute Gasteiger partial charge is 0.357 e. The summed E-state index contributed by atoms with van der Waals surface area (Å²) in [5.41, 5.74) is 8.09. The number of rotatable bonds is 3. The van der Waals surface area contributed by atoms with Gasteiger partial charge in [-0.25, -0.2) is 15.0 Å². The molecule has 0 spiro atoms. The van der Waals surface area contributed by atoms with Crippen molar-refractivity contribution in [3.63, 3.8) is 0 Å². The zero-order chi connectivity index (χ0) is 10.8. The third-order valence-electron chi connectivity index (χ3n) is 2.11. The maximum Gasteiger partial charge on any atom is 0.175 e. The zero-order valence-electron chi connectivity index (χ0n) is 8.77. The van der Waals surface area contributed by atoms with Gasteiger partial charge in [-0.15, -0.1) is 11.3 Å². The summed E-state index contributed by atoms with van der Waals surface area (Å²) in [7, 11) is 1.98. The number of hydrogen-bond acceptors (Lipinski definition) is 6. The highest BCUT2D eigenvalue weighted by molar-refractivity contribution is 7.17. The number of aryl methyl sites for hydroxylation is 1. The normalized spacial score (nSPS) is 10.9. The first-order valence-corrected chi connectivity index (χ1v) is 5.59. The van der Waals surface area contributed by atoms with Crippen molar-refractivity contribution in [1.82, 2.24) is 15.0 Å². The minimum atomic E-state index is 0.611. The van der Waals surface area contributed by atoms with E-state index in [1.807, 2.05) is 18.9 Å². The molecular formula is C9H13N5S. The Morgan fingerprint density at radius 2 is 2.27 bits per heavy atom. The van der Waals surface area contributed by atoms with Gasteiger partial charge in [-0.3, -0.25) is 0 Å². The summed E-state index contributed by atoms with van der Waals surface area (Å²) in [6.45, 7) is 3.27. The summed E-state index contributed by atoms with van der Waals surface area (Å²) in [4.78, 5) is 14.9. The summed E-state index contributed by atoms with van der Waals surface area (Å²) < 4.78 is 1.02. The van der Waals surface area contributed by atoms with E-state index in [2.05, 4.69) is 15.0 Å². The van der Waals surface area contributed by atoms with Gasteiger partial charge >= 0.3 is 0 Å². The molecule has 80 valence electrons. The van der Waals surface area contributed by atoms with Crippen LogP contribution in [0.1, 0.15) is 5.82 Å². The van der Waals surface area contributed by atoms with Crippen LogP contribution >= 0.6 is 11.3 Å². The Kier molecular flexibility index (Phi) is 2.79. The Hall–Kier alpha value is -1.27. The summed E-state index contributed by atoms with van der Waals surface area (Å²) in [5, 5.41) is 0. The number of likely N-dealkylation sites (N-methyl/N-ethyl adjacent to an activating group) is 1. The summed E-state index contributed by atoms with van der Waals surface area (Å²) in [5.74, 6) is 1.66. The van der Waals surface area contributed by atoms with E-state index in [1.54, 1.807) is 16.8 Å². The second-order valence-electron chi connectivity index (χ2n) is 3.31. The average Bonchev–Trinajstić information content (AvgIpc) is 2.64. The van der Waals surface area contributed by atoms with Gasteiger partial charge in [-0.1, -0.05) is 0 Å². The molecule has 5 nitrogen and oxygen atoms in total. The van der Waals surface area contributed by atoms with Crippen LogP contribution in [0.2, 0.25) is 0 Å². The number of aromatic nitrogens is 3. The Bertz CT molecular complexity index is 466. The molecule has 15 heavy (non-hydrogen) atoms. The summed E-state index contributed by atoms with van der Waals surface area (Å²) in [6, 6.07) is 0. The highest BCUT2D eigenvalue weighted by atomic mass is 32.1. The standard InChI is InChI=1S/C9H13N5S/c1-6-12-8-7(15-5-11-8)9(13-6)14(2)4-3-10/h5H,3-4,10H2,1-2H3. The Labute approximate surface area is 92.0 Å². The number of thiazole rings is 1. The number of anilines is 1. The maximum atomic E-state index is 5.53. The van der Waals surface area contributed by atoms with Crippen molar-refractivity contribution < 1.29 is 0 Å². The third kappa shape index (κ3) is 1.91. The molecule has 6 heteroatoms. The molecule has 0 aliphatic heterocycles. The lowest BCUT2D eigenvalue weighted by molar-refractivity contribution is 0.865. The van der Waals surface area contributed by atoms with Gasteiger partial charge in [0.15, 0.2) is 11.5 Å². The van der Waals surface area contributed by atoms with Gasteiger partial charge in [0, 0.05) is 20.1 Å². The molecule has 0 amide bonds. The van der Waals surface area contributed by atoms with Crippen LogP contribution in [-0.4, -0.2) is 35.1 Å². The Morgan fingerprint density at radius 3 is 3.00 bits per heavy atom. The fraction of sp³-hybridized carbons (Fsp3) is 0.444. The van der Waals surface area contributed by atoms with Crippen molar-refractivity contribution in [2.45, 2.75) is 6.92 Å². The van der Waals surface area contributed by atoms with Crippen LogP contribution in [0.5, 0.6) is 0 Å². The molecule has 0 aliphatic rings. The van der Waals surface area contributed by atoms with Gasteiger partial charge in [0.2, 0.25) is 0 Å². The fourth-order valence-corrected chi connectivity index (χ4v) is 2.18. The van der Waals surface area contributed by atoms with Crippen LogP contribution in [0.15, 0.2) is 5.51 Å². The molecule has 0 atom stereocenters. The molecule has 0 saturated heterocycles. The second kappa shape index (κ2) is 4.08. The van der Waals surface area contributed by atoms with Gasteiger partial charge in [0.1, 0.15) is 10.5 Å². The molecule has 0 saturated carbocycles. The first kappa shape index (κ1) is 10.3. The van der Waals surface area contributed by atoms with Crippen LogP contribution in [0.4, 0.5) is 5.82 Å². The molecular weight excluding hydrogens is 210 g/mol. The topological polar surface area (TPSA) is 67.9 Å². The van der Waals surface area contributed by atoms with Crippen LogP contribution in [0.25, 0.3) is 10.3 Å². The van der Waals surface area contributed by atoms with Gasteiger partial charge in [0.05, 0.1) is 5.51 Å². The lowest BCUT2D eigenvalue weighted by atomic mass is 10.4. The maximum absolute atomic E-state index is 5.53. The molecule has 0 fully saturated rings. The SMILES string of the molecule is Cc1nc(N(C)CCN)c2scnc2n1. The van der Waals surface area contributed by atoms with E-state index in [-0.39, 0.29) is 0 Å². The van der Waals surface area contributed by atoms with Crippen LogP contribution in [0.3, 0.4) is 0 Å². The first-order valence-electron chi connectivity index (χ1n) is 4.71. The van der Waals surface area contributed by atoms with Crippen molar-refractivity contribution >= 4 is 27.5 Å². The Morgan fingerprint density at radius 1 is 1.47 bits per heavy atom. The van der Waals surface area contributed by atoms with Crippen molar-refractivity contribution in [2.75, 3.05) is 25.0 Å². The van der Waals surface area contributed by atoms with E-state index in [0.29, 0.717) is 6.54 Å². The smallest absolute Gasteiger partial charge is 0.175 e. The lowest BCUT2D eigenvalue weighted by Crippen LogP contribution is -2.26. The zero-order valence-corrected chi connectivity index (χ0v) is 9.58. The van der Waals surface area contributed by atoms with E-state index in [9.17, 15) is 0 Å². The third-order valence-corrected chi connectivity index (χ3v) is 2.92. The molecule has 2 rings (SSSR count). The van der Waals surface area contributed by atoms with Gasteiger partial charge in [-0.2, -0.15) is 0 Å². The van der Waals surface area contributed by atoms with E-state index >= 15 is 0 Å². The molecule has 2 heterocycles. The van der Waals surface area contributed by atoms with Crippen molar-refractivity contribution in [3.8, 4) is 0 Å².